The van der Waals surface area contributed by atoms with Crippen molar-refractivity contribution in [3.05, 3.63) is 39.2 Å². The van der Waals surface area contributed by atoms with Crippen molar-refractivity contribution < 1.29 is 9.59 Å². The third kappa shape index (κ3) is 5.75. The number of halogens is 1. The average Bonchev–Trinajstić information content (AvgIpc) is 2.94. The number of nitrogens with one attached hydrogen (secondary N) is 3. The van der Waals surface area contributed by atoms with E-state index < -0.39 is 0 Å². The van der Waals surface area contributed by atoms with Gasteiger partial charge in [-0.1, -0.05) is 30.8 Å². The molecule has 0 saturated carbocycles. The molecule has 1 heterocycles. The number of rotatable bonds is 8. The highest BCUT2D eigenvalue weighted by Gasteiger charge is 2.12. The lowest BCUT2D eigenvalue weighted by atomic mass is 10.3. The second-order valence-electron chi connectivity index (χ2n) is 5.06. The van der Waals surface area contributed by atoms with E-state index in [1.165, 1.54) is 4.57 Å². The molecule has 0 unspecified atom stereocenters. The number of para-hydroxylation sites is 1. The van der Waals surface area contributed by atoms with Crippen molar-refractivity contribution in [1.29, 1.82) is 0 Å². The number of thioether (sulfide) groups is 1. The molecule has 10 heteroatoms. The number of carbonyl (C=O) groups is 2. The van der Waals surface area contributed by atoms with Gasteiger partial charge in [0.2, 0.25) is 11.8 Å². The summed E-state index contributed by atoms with van der Waals surface area (Å²) in [5.41, 5.74) is 0.341. The number of anilines is 1. The van der Waals surface area contributed by atoms with Crippen molar-refractivity contribution in [1.82, 2.24) is 20.1 Å². The first-order valence-electron chi connectivity index (χ1n) is 7.60. The zero-order valence-electron chi connectivity index (χ0n) is 13.5. The van der Waals surface area contributed by atoms with E-state index in [0.29, 0.717) is 17.4 Å². The van der Waals surface area contributed by atoms with Gasteiger partial charge in [-0.2, -0.15) is 0 Å². The summed E-state index contributed by atoms with van der Waals surface area (Å²) >= 11 is 4.48. The molecule has 0 bridgehead atoms. The van der Waals surface area contributed by atoms with Crippen molar-refractivity contribution in [3.8, 4) is 0 Å². The number of hydrogen-bond donors (Lipinski definition) is 3. The Balaban J connectivity index is 1.78. The van der Waals surface area contributed by atoms with Crippen molar-refractivity contribution in [2.45, 2.75) is 25.0 Å². The summed E-state index contributed by atoms with van der Waals surface area (Å²) in [6.45, 7) is 2.35. The third-order valence-corrected chi connectivity index (χ3v) is 4.76. The summed E-state index contributed by atoms with van der Waals surface area (Å²) in [5.74, 6) is -0.574. The molecule has 0 atom stereocenters. The van der Waals surface area contributed by atoms with Gasteiger partial charge in [0.05, 0.1) is 18.0 Å². The molecule has 134 valence electrons. The second kappa shape index (κ2) is 9.42. The number of benzene rings is 1. The molecule has 1 aromatic heterocycles. The number of aromatic amines is 1. The minimum Gasteiger partial charge on any atom is -0.346 e. The lowest BCUT2D eigenvalue weighted by Crippen LogP contribution is -2.34. The molecule has 8 nitrogen and oxygen atoms in total. The normalized spacial score (nSPS) is 10.5. The van der Waals surface area contributed by atoms with Crippen molar-refractivity contribution >= 4 is 45.2 Å². The van der Waals surface area contributed by atoms with E-state index in [1.807, 2.05) is 19.1 Å². The van der Waals surface area contributed by atoms with Gasteiger partial charge in [-0.3, -0.25) is 14.2 Å². The Morgan fingerprint density at radius 2 is 2.08 bits per heavy atom. The van der Waals surface area contributed by atoms with Gasteiger partial charge in [0.25, 0.3) is 0 Å². The van der Waals surface area contributed by atoms with Crippen LogP contribution in [0, 0.1) is 0 Å². The zero-order chi connectivity index (χ0) is 18.2. The number of amides is 2. The number of H-pyrrole nitrogens is 1. The largest absolute Gasteiger partial charge is 0.346 e. The van der Waals surface area contributed by atoms with Crippen LogP contribution in [0.2, 0.25) is 0 Å². The highest BCUT2D eigenvalue weighted by Crippen LogP contribution is 2.20. The molecule has 0 saturated heterocycles. The maximum atomic E-state index is 11.9. The van der Waals surface area contributed by atoms with E-state index in [2.05, 4.69) is 36.8 Å². The predicted molar refractivity (Wildman–Crippen MR) is 99.6 cm³/mol. The minimum absolute atomic E-state index is 0.0658. The Morgan fingerprint density at radius 1 is 1.32 bits per heavy atom. The molecule has 0 fully saturated rings. The first-order chi connectivity index (χ1) is 12.0. The van der Waals surface area contributed by atoms with Gasteiger partial charge < -0.3 is 10.6 Å². The second-order valence-corrected chi connectivity index (χ2v) is 6.85. The fourth-order valence-corrected chi connectivity index (χ4v) is 3.14. The maximum Gasteiger partial charge on any atom is 0.343 e. The average molecular weight is 428 g/mol. The van der Waals surface area contributed by atoms with E-state index in [0.717, 1.165) is 22.7 Å². The van der Waals surface area contributed by atoms with Gasteiger partial charge in [-0.25, -0.2) is 9.89 Å². The van der Waals surface area contributed by atoms with Crippen molar-refractivity contribution in [2.75, 3.05) is 17.6 Å². The Hall–Kier alpha value is -2.07. The quantitative estimate of drug-likeness (QED) is 0.554. The van der Waals surface area contributed by atoms with E-state index in [9.17, 15) is 14.4 Å². The third-order valence-electron chi connectivity index (χ3n) is 3.10. The highest BCUT2D eigenvalue weighted by molar-refractivity contribution is 9.10. The van der Waals surface area contributed by atoms with Crippen molar-refractivity contribution in [3.63, 3.8) is 0 Å². The van der Waals surface area contributed by atoms with Gasteiger partial charge in [0.15, 0.2) is 5.16 Å². The Labute approximate surface area is 156 Å². The van der Waals surface area contributed by atoms with E-state index in [4.69, 9.17) is 0 Å². The van der Waals surface area contributed by atoms with Gasteiger partial charge >= 0.3 is 5.69 Å². The predicted octanol–water partition coefficient (Wildman–Crippen LogP) is 1.59. The smallest absolute Gasteiger partial charge is 0.343 e. The summed E-state index contributed by atoms with van der Waals surface area (Å²) in [7, 11) is 0. The first kappa shape index (κ1) is 19.3. The topological polar surface area (TPSA) is 109 Å². The van der Waals surface area contributed by atoms with Crippen LogP contribution in [0.25, 0.3) is 0 Å². The minimum atomic E-state index is -0.326. The molecule has 0 radical (unpaired) electrons. The van der Waals surface area contributed by atoms with Crippen LogP contribution < -0.4 is 16.3 Å². The molecule has 0 spiro atoms. The molecule has 0 aliphatic carbocycles. The van der Waals surface area contributed by atoms with Gasteiger partial charge in [-0.15, -0.1) is 5.10 Å². The van der Waals surface area contributed by atoms with Crippen LogP contribution in [-0.2, 0) is 16.1 Å². The lowest BCUT2D eigenvalue weighted by molar-refractivity contribution is -0.122. The van der Waals surface area contributed by atoms with Crippen LogP contribution in [0.3, 0.4) is 0 Å². The van der Waals surface area contributed by atoms with Gasteiger partial charge in [0.1, 0.15) is 0 Å². The SMILES string of the molecule is CCCn1c(SCC(=O)NCC(=O)Nc2ccccc2Br)n[nH]c1=O. The van der Waals surface area contributed by atoms with Gasteiger partial charge in [-0.05, 0) is 34.5 Å². The standard InChI is InChI=1S/C15H18BrN5O3S/c1-2-7-21-14(24)19-20-15(21)25-9-13(23)17-8-12(22)18-11-6-4-3-5-10(11)16/h3-6H,2,7-9H2,1H3,(H,17,23)(H,18,22)(H,19,24). The van der Waals surface area contributed by atoms with Crippen LogP contribution in [-0.4, -0.2) is 38.9 Å². The van der Waals surface area contributed by atoms with E-state index in [1.54, 1.807) is 12.1 Å². The highest BCUT2D eigenvalue weighted by atomic mass is 79.9. The molecule has 2 aromatic rings. The fraction of sp³-hybridized carbons (Fsp3) is 0.333. The number of aromatic nitrogens is 3. The fourth-order valence-electron chi connectivity index (χ4n) is 1.95. The summed E-state index contributed by atoms with van der Waals surface area (Å²) < 4.78 is 2.25. The molecular weight excluding hydrogens is 410 g/mol. The van der Waals surface area contributed by atoms with E-state index in [-0.39, 0.29) is 29.8 Å². The van der Waals surface area contributed by atoms with Crippen molar-refractivity contribution in [2.24, 2.45) is 0 Å². The number of carbonyl (C=O) groups excluding carboxylic acids is 2. The van der Waals surface area contributed by atoms with Crippen LogP contribution in [0.1, 0.15) is 13.3 Å². The molecular formula is C15H18BrN5O3S. The first-order valence-corrected chi connectivity index (χ1v) is 9.38. The number of nitrogens with zero attached hydrogens (tertiary/aromatic N) is 2. The Kier molecular flexibility index (Phi) is 7.26. The summed E-state index contributed by atoms with van der Waals surface area (Å²) in [4.78, 5) is 35.3. The molecule has 1 aromatic carbocycles. The van der Waals surface area contributed by atoms with E-state index >= 15 is 0 Å². The number of hydrogen-bond acceptors (Lipinski definition) is 5. The summed E-state index contributed by atoms with van der Waals surface area (Å²) in [6.07, 6.45) is 0.786. The monoisotopic (exact) mass is 427 g/mol. The maximum absolute atomic E-state index is 11.9. The van der Waals surface area contributed by atoms with Gasteiger partial charge in [0, 0.05) is 11.0 Å². The molecule has 25 heavy (non-hydrogen) atoms. The molecule has 2 rings (SSSR count). The zero-order valence-corrected chi connectivity index (χ0v) is 15.9. The lowest BCUT2D eigenvalue weighted by Gasteiger charge is -2.08. The summed E-state index contributed by atoms with van der Waals surface area (Å²) in [6, 6.07) is 7.20. The molecule has 3 N–H and O–H groups in total. The van der Waals surface area contributed by atoms with Crippen LogP contribution >= 0.6 is 27.7 Å². The van der Waals surface area contributed by atoms with Crippen LogP contribution in [0.15, 0.2) is 38.7 Å². The Bertz CT molecular complexity index is 804. The molecule has 0 aliphatic rings. The van der Waals surface area contributed by atoms with Crippen LogP contribution in [0.5, 0.6) is 0 Å². The molecule has 2 amide bonds. The van der Waals surface area contributed by atoms with Crippen LogP contribution in [0.4, 0.5) is 5.69 Å². The Morgan fingerprint density at radius 3 is 2.80 bits per heavy atom. The summed E-state index contributed by atoms with van der Waals surface area (Å²) in [5, 5.41) is 12.0. The molecule has 0 aliphatic heterocycles.